The van der Waals surface area contributed by atoms with Crippen LogP contribution in [0.4, 0.5) is 0 Å². The summed E-state index contributed by atoms with van der Waals surface area (Å²) in [6.07, 6.45) is 8.25. The van der Waals surface area contributed by atoms with Gasteiger partial charge in [-0.05, 0) is 61.8 Å². The molecule has 218 valence electrons. The fourth-order valence-corrected chi connectivity index (χ4v) is 7.33. The molecule has 1 aromatic heterocycles. The number of hydrogen-bond acceptors (Lipinski definition) is 4. The number of hydrogen-bond donors (Lipinski definition) is 1. The molecule has 2 unspecified atom stereocenters. The van der Waals surface area contributed by atoms with Crippen LogP contribution in [0.2, 0.25) is 5.02 Å². The van der Waals surface area contributed by atoms with Gasteiger partial charge in [-0.1, -0.05) is 66.2 Å². The number of aromatic nitrogens is 1. The number of ketones is 1. The van der Waals surface area contributed by atoms with E-state index in [1.165, 1.54) is 12.8 Å². The summed E-state index contributed by atoms with van der Waals surface area (Å²) in [5, 5.41) is 4.60. The van der Waals surface area contributed by atoms with E-state index >= 15 is 0 Å². The number of para-hydroxylation sites is 1. The highest BCUT2D eigenvalue weighted by molar-refractivity contribution is 6.30. The zero-order valence-electron chi connectivity index (χ0n) is 24.1. The van der Waals surface area contributed by atoms with Crippen LogP contribution < -0.4 is 10.1 Å². The van der Waals surface area contributed by atoms with Gasteiger partial charge in [0, 0.05) is 60.3 Å². The van der Waals surface area contributed by atoms with Gasteiger partial charge < -0.3 is 14.6 Å². The standard InChI is InChI=1S/C35H38ClN3O3/c1-42-33-13-6-12-30-31(35(41)37-22-24-8-5-11-27(36)18-24)23-38(34(30)33)16-7-17-39-28-14-15-29(39)20-25(19-28)21-32(40)26-9-3-2-4-10-26/h2-6,8-13,18,23,25,28-29H,7,14-17,19-22H2,1H3,(H,37,41). The number of halogens is 1. The van der Waals surface area contributed by atoms with Crippen molar-refractivity contribution in [2.75, 3.05) is 13.7 Å². The summed E-state index contributed by atoms with van der Waals surface area (Å²) in [7, 11) is 1.68. The maximum absolute atomic E-state index is 13.3. The van der Waals surface area contributed by atoms with Crippen molar-refractivity contribution in [2.45, 2.75) is 63.7 Å². The minimum atomic E-state index is -0.114. The first-order chi connectivity index (χ1) is 20.5. The second-order valence-electron chi connectivity index (χ2n) is 11.7. The molecule has 2 saturated heterocycles. The molecule has 2 bridgehead atoms. The number of piperidine rings is 1. The van der Waals surface area contributed by atoms with Gasteiger partial charge in [0.25, 0.3) is 5.91 Å². The number of methoxy groups -OCH3 is 1. The molecule has 1 N–H and O–H groups in total. The van der Waals surface area contributed by atoms with Crippen LogP contribution in [0.3, 0.4) is 0 Å². The minimum Gasteiger partial charge on any atom is -0.495 e. The van der Waals surface area contributed by atoms with Crippen LogP contribution in [-0.4, -0.2) is 46.9 Å². The Morgan fingerprint density at radius 1 is 0.952 bits per heavy atom. The molecule has 2 aliphatic heterocycles. The van der Waals surface area contributed by atoms with E-state index in [1.54, 1.807) is 7.11 Å². The number of amides is 1. The van der Waals surface area contributed by atoms with Gasteiger partial charge in [-0.25, -0.2) is 0 Å². The SMILES string of the molecule is COc1cccc2c(C(=O)NCc3cccc(Cl)c3)cn(CCCN3C4CCC3CC(CC(=O)c3ccccc3)C4)c12. The van der Waals surface area contributed by atoms with E-state index in [9.17, 15) is 9.59 Å². The third-order valence-electron chi connectivity index (χ3n) is 9.04. The van der Waals surface area contributed by atoms with E-state index in [0.29, 0.717) is 41.6 Å². The zero-order chi connectivity index (χ0) is 29.1. The lowest BCUT2D eigenvalue weighted by atomic mass is 9.85. The topological polar surface area (TPSA) is 63.6 Å². The number of Topliss-reactive ketones (excluding diaryl/α,β-unsaturated/α-hetero) is 1. The van der Waals surface area contributed by atoms with Crippen LogP contribution in [-0.2, 0) is 13.1 Å². The number of ether oxygens (including phenoxy) is 1. The van der Waals surface area contributed by atoms with Crippen LogP contribution in [0, 0.1) is 5.92 Å². The number of carbonyl (C=O) groups is 2. The third kappa shape index (κ3) is 6.11. The molecule has 3 heterocycles. The molecule has 6 nitrogen and oxygen atoms in total. The molecule has 1 amide bonds. The maximum atomic E-state index is 13.3. The summed E-state index contributed by atoms with van der Waals surface area (Å²) in [5.41, 5.74) is 3.39. The molecule has 2 fully saturated rings. The molecule has 42 heavy (non-hydrogen) atoms. The van der Waals surface area contributed by atoms with E-state index in [1.807, 2.05) is 79.0 Å². The van der Waals surface area contributed by atoms with Crippen molar-refractivity contribution in [2.24, 2.45) is 5.92 Å². The Hall–Kier alpha value is -3.61. The fourth-order valence-electron chi connectivity index (χ4n) is 7.12. The molecule has 0 spiro atoms. The average Bonchev–Trinajstić information content (AvgIpc) is 3.49. The maximum Gasteiger partial charge on any atom is 0.253 e. The molecule has 6 rings (SSSR count). The lowest BCUT2D eigenvalue weighted by Crippen LogP contribution is -2.43. The predicted molar refractivity (Wildman–Crippen MR) is 167 cm³/mol. The average molecular weight is 584 g/mol. The molecule has 0 saturated carbocycles. The summed E-state index contributed by atoms with van der Waals surface area (Å²) in [6, 6.07) is 24.2. The molecule has 3 aromatic carbocycles. The first-order valence-electron chi connectivity index (χ1n) is 15.0. The predicted octanol–water partition coefficient (Wildman–Crippen LogP) is 7.14. The van der Waals surface area contributed by atoms with Crippen molar-refractivity contribution in [3.8, 4) is 5.75 Å². The summed E-state index contributed by atoms with van der Waals surface area (Å²) in [5.74, 6) is 1.40. The first-order valence-corrected chi connectivity index (χ1v) is 15.4. The van der Waals surface area contributed by atoms with Gasteiger partial charge in [0.05, 0.1) is 18.2 Å². The Morgan fingerprint density at radius 2 is 1.71 bits per heavy atom. The van der Waals surface area contributed by atoms with Crippen molar-refractivity contribution in [1.82, 2.24) is 14.8 Å². The Balaban J connectivity index is 1.10. The van der Waals surface area contributed by atoms with Gasteiger partial charge in [0.2, 0.25) is 0 Å². The van der Waals surface area contributed by atoms with Gasteiger partial charge in [0.15, 0.2) is 5.78 Å². The number of nitrogens with one attached hydrogen (secondary N) is 1. The van der Waals surface area contributed by atoms with Crippen LogP contribution in [0.5, 0.6) is 5.75 Å². The van der Waals surface area contributed by atoms with E-state index in [0.717, 1.165) is 60.1 Å². The van der Waals surface area contributed by atoms with Gasteiger partial charge in [-0.3, -0.25) is 14.5 Å². The van der Waals surface area contributed by atoms with Crippen molar-refractivity contribution in [1.29, 1.82) is 0 Å². The molecule has 0 radical (unpaired) electrons. The van der Waals surface area contributed by atoms with Gasteiger partial charge in [0.1, 0.15) is 5.75 Å². The lowest BCUT2D eigenvalue weighted by molar-refractivity contribution is 0.0807. The number of aryl methyl sites for hydroxylation is 1. The van der Waals surface area contributed by atoms with Gasteiger partial charge in [-0.15, -0.1) is 0 Å². The third-order valence-corrected chi connectivity index (χ3v) is 9.27. The molecular weight excluding hydrogens is 546 g/mol. The smallest absolute Gasteiger partial charge is 0.253 e. The van der Waals surface area contributed by atoms with E-state index in [-0.39, 0.29) is 11.7 Å². The van der Waals surface area contributed by atoms with Crippen molar-refractivity contribution >= 4 is 34.2 Å². The largest absolute Gasteiger partial charge is 0.495 e. The summed E-state index contributed by atoms with van der Waals surface area (Å²) in [6.45, 7) is 2.22. The highest BCUT2D eigenvalue weighted by Gasteiger charge is 2.40. The summed E-state index contributed by atoms with van der Waals surface area (Å²) < 4.78 is 7.89. The number of benzene rings is 3. The fraction of sp³-hybridized carbons (Fsp3) is 0.371. The minimum absolute atomic E-state index is 0.114. The highest BCUT2D eigenvalue weighted by atomic mass is 35.5. The Kier molecular flexibility index (Phi) is 8.63. The molecule has 7 heteroatoms. The monoisotopic (exact) mass is 583 g/mol. The van der Waals surface area contributed by atoms with Crippen molar-refractivity contribution in [3.63, 3.8) is 0 Å². The normalized spacial score (nSPS) is 20.1. The number of carbonyl (C=O) groups excluding carboxylic acids is 2. The van der Waals surface area contributed by atoms with Crippen LogP contribution in [0.25, 0.3) is 10.9 Å². The molecular formula is C35H38ClN3O3. The van der Waals surface area contributed by atoms with Crippen molar-refractivity contribution < 1.29 is 14.3 Å². The molecule has 4 aromatic rings. The van der Waals surface area contributed by atoms with E-state index in [2.05, 4.69) is 14.8 Å². The highest BCUT2D eigenvalue weighted by Crippen LogP contribution is 2.40. The van der Waals surface area contributed by atoms with E-state index < -0.39 is 0 Å². The number of rotatable bonds is 11. The van der Waals surface area contributed by atoms with Crippen LogP contribution in [0.15, 0.2) is 79.0 Å². The second kappa shape index (κ2) is 12.7. The molecule has 2 aliphatic rings. The second-order valence-corrected chi connectivity index (χ2v) is 12.1. The Bertz CT molecular complexity index is 1550. The molecule has 2 atom stereocenters. The molecule has 0 aliphatic carbocycles. The van der Waals surface area contributed by atoms with Crippen LogP contribution >= 0.6 is 11.6 Å². The van der Waals surface area contributed by atoms with Crippen molar-refractivity contribution in [3.05, 3.63) is 101 Å². The van der Waals surface area contributed by atoms with Gasteiger partial charge >= 0.3 is 0 Å². The van der Waals surface area contributed by atoms with Crippen LogP contribution in [0.1, 0.15) is 64.8 Å². The number of nitrogens with zero attached hydrogens (tertiary/aromatic N) is 2. The van der Waals surface area contributed by atoms with Gasteiger partial charge in [-0.2, -0.15) is 0 Å². The quantitative estimate of drug-likeness (QED) is 0.191. The summed E-state index contributed by atoms with van der Waals surface area (Å²) in [4.78, 5) is 28.8. The lowest BCUT2D eigenvalue weighted by Gasteiger charge is -2.39. The zero-order valence-corrected chi connectivity index (χ0v) is 24.9. The summed E-state index contributed by atoms with van der Waals surface area (Å²) >= 11 is 6.12. The first kappa shape index (κ1) is 28.5. The number of fused-ring (bicyclic) bond motifs is 3. The Morgan fingerprint density at radius 3 is 2.45 bits per heavy atom. The van der Waals surface area contributed by atoms with E-state index in [4.69, 9.17) is 16.3 Å². The Labute approximate surface area is 252 Å².